The van der Waals surface area contributed by atoms with Crippen molar-refractivity contribution in [1.29, 1.82) is 0 Å². The van der Waals surface area contributed by atoms with Crippen molar-refractivity contribution in [3.8, 4) is 5.75 Å². The summed E-state index contributed by atoms with van der Waals surface area (Å²) in [5.41, 5.74) is 2.22. The van der Waals surface area contributed by atoms with Crippen LogP contribution < -0.4 is 10.1 Å². The van der Waals surface area contributed by atoms with Crippen molar-refractivity contribution < 1.29 is 24.2 Å². The average molecular weight is 414 g/mol. The molecule has 0 fully saturated rings. The summed E-state index contributed by atoms with van der Waals surface area (Å²) in [5, 5.41) is 12.7. The summed E-state index contributed by atoms with van der Waals surface area (Å²) in [5.74, 6) is -0.167. The number of carbonyl (C=O) groups is 2. The molecular weight excluding hydrogens is 392 g/mol. The summed E-state index contributed by atoms with van der Waals surface area (Å²) in [4.78, 5) is 28.4. The van der Waals surface area contributed by atoms with Crippen LogP contribution in [0.3, 0.4) is 0 Å². The lowest BCUT2D eigenvalue weighted by atomic mass is 10.1. The fourth-order valence-corrected chi connectivity index (χ4v) is 3.56. The van der Waals surface area contributed by atoms with Gasteiger partial charge in [0, 0.05) is 23.7 Å². The number of aliphatic hydroxyl groups excluding tert-OH is 1. The Morgan fingerprint density at radius 3 is 2.69 bits per heavy atom. The number of carbonyl (C=O) groups excluding carboxylic acids is 2. The monoisotopic (exact) mass is 414 g/mol. The van der Waals surface area contributed by atoms with Crippen LogP contribution in [0.25, 0.3) is 10.2 Å². The van der Waals surface area contributed by atoms with E-state index in [9.17, 15) is 14.7 Å². The van der Waals surface area contributed by atoms with Gasteiger partial charge in [-0.05, 0) is 50.2 Å². The molecule has 0 aliphatic carbocycles. The van der Waals surface area contributed by atoms with Crippen molar-refractivity contribution in [3.05, 3.63) is 52.5 Å². The first-order valence-corrected chi connectivity index (χ1v) is 9.92. The summed E-state index contributed by atoms with van der Waals surface area (Å²) in [7, 11) is 0. The van der Waals surface area contributed by atoms with Crippen molar-refractivity contribution in [1.82, 2.24) is 4.98 Å². The van der Waals surface area contributed by atoms with Gasteiger partial charge in [-0.3, -0.25) is 9.59 Å². The fraction of sp³-hybridized carbons (Fsp3) is 0.286. The predicted molar refractivity (Wildman–Crippen MR) is 111 cm³/mol. The molecule has 8 heteroatoms. The molecule has 0 bridgehead atoms. The maximum absolute atomic E-state index is 12.9. The molecule has 0 atom stereocenters. The van der Waals surface area contributed by atoms with Gasteiger partial charge in [-0.1, -0.05) is 0 Å². The molecule has 152 valence electrons. The largest absolute Gasteiger partial charge is 0.491 e. The Morgan fingerprint density at radius 1 is 1.21 bits per heavy atom. The number of nitrogens with zero attached hydrogens (tertiary/aromatic N) is 1. The third-order valence-corrected chi connectivity index (χ3v) is 4.97. The van der Waals surface area contributed by atoms with Crippen molar-refractivity contribution >= 4 is 39.1 Å². The first-order valence-electron chi connectivity index (χ1n) is 9.10. The molecule has 1 amide bonds. The standard InChI is InChI=1S/C21H22N2O5S/c1-12(2)28-16-5-6-17(14(8-16)11-27-13(3)25)21(26)22-15-4-7-19-18(9-15)23-20(10-24)29-19/h4-9,12,24H,10-11H2,1-3H3,(H,22,26). The van der Waals surface area contributed by atoms with Crippen molar-refractivity contribution in [2.75, 3.05) is 5.32 Å². The van der Waals surface area contributed by atoms with E-state index in [-0.39, 0.29) is 25.2 Å². The Bertz CT molecular complexity index is 1040. The minimum Gasteiger partial charge on any atom is -0.491 e. The van der Waals surface area contributed by atoms with Crippen LogP contribution >= 0.6 is 11.3 Å². The third-order valence-electron chi connectivity index (χ3n) is 3.95. The predicted octanol–water partition coefficient (Wildman–Crippen LogP) is 3.89. The summed E-state index contributed by atoms with van der Waals surface area (Å²) in [6.07, 6.45) is -0.0232. The number of benzene rings is 2. The van der Waals surface area contributed by atoms with Crippen molar-refractivity contribution in [2.45, 2.75) is 40.1 Å². The quantitative estimate of drug-likeness (QED) is 0.569. The molecular formula is C21H22N2O5S. The number of thiazole rings is 1. The van der Waals surface area contributed by atoms with E-state index in [1.165, 1.54) is 18.3 Å². The zero-order valence-corrected chi connectivity index (χ0v) is 17.2. The number of amides is 1. The van der Waals surface area contributed by atoms with Gasteiger partial charge in [0.15, 0.2) is 0 Å². The molecule has 7 nitrogen and oxygen atoms in total. The summed E-state index contributed by atoms with van der Waals surface area (Å²) >= 11 is 1.40. The smallest absolute Gasteiger partial charge is 0.302 e. The maximum Gasteiger partial charge on any atom is 0.302 e. The van der Waals surface area contributed by atoms with Gasteiger partial charge in [0.2, 0.25) is 0 Å². The molecule has 0 aliphatic heterocycles. The number of ether oxygens (including phenoxy) is 2. The SMILES string of the molecule is CC(=O)OCc1cc(OC(C)C)ccc1C(=O)Nc1ccc2sc(CO)nc2c1. The number of fused-ring (bicyclic) bond motifs is 1. The molecule has 1 aromatic heterocycles. The van der Waals surface area contributed by atoms with E-state index >= 15 is 0 Å². The highest BCUT2D eigenvalue weighted by atomic mass is 32.1. The lowest BCUT2D eigenvalue weighted by molar-refractivity contribution is -0.142. The van der Waals surface area contributed by atoms with Crippen molar-refractivity contribution in [2.24, 2.45) is 0 Å². The topological polar surface area (TPSA) is 97.8 Å². The summed E-state index contributed by atoms with van der Waals surface area (Å²) < 4.78 is 11.7. The number of hydrogen-bond donors (Lipinski definition) is 2. The molecule has 29 heavy (non-hydrogen) atoms. The fourth-order valence-electron chi connectivity index (χ4n) is 2.75. The Balaban J connectivity index is 1.85. The summed E-state index contributed by atoms with van der Waals surface area (Å²) in [6, 6.07) is 10.4. The number of anilines is 1. The highest BCUT2D eigenvalue weighted by molar-refractivity contribution is 7.18. The normalized spacial score (nSPS) is 10.9. The van der Waals surface area contributed by atoms with E-state index in [0.717, 1.165) is 4.70 Å². The molecule has 3 rings (SSSR count). The zero-order chi connectivity index (χ0) is 21.0. The van der Waals surface area contributed by atoms with E-state index in [2.05, 4.69) is 10.3 Å². The van der Waals surface area contributed by atoms with E-state index < -0.39 is 5.97 Å². The van der Waals surface area contributed by atoms with Gasteiger partial charge in [-0.15, -0.1) is 11.3 Å². The molecule has 0 unspecified atom stereocenters. The second-order valence-electron chi connectivity index (χ2n) is 6.67. The molecule has 0 spiro atoms. The number of nitrogens with one attached hydrogen (secondary N) is 1. The second kappa shape index (κ2) is 9.02. The number of aliphatic hydroxyl groups is 1. The number of esters is 1. The Hall–Kier alpha value is -2.97. The minimum atomic E-state index is -0.430. The van der Waals surface area contributed by atoms with Gasteiger partial charge in [-0.25, -0.2) is 4.98 Å². The molecule has 0 saturated carbocycles. The molecule has 2 aromatic carbocycles. The van der Waals surface area contributed by atoms with Crippen LogP contribution in [0.2, 0.25) is 0 Å². The third kappa shape index (κ3) is 5.30. The van der Waals surface area contributed by atoms with Crippen LogP contribution in [0.4, 0.5) is 5.69 Å². The highest BCUT2D eigenvalue weighted by Crippen LogP contribution is 2.26. The van der Waals surface area contributed by atoms with Crippen LogP contribution in [0.5, 0.6) is 5.75 Å². The van der Waals surface area contributed by atoms with Crippen LogP contribution in [-0.2, 0) is 22.7 Å². The molecule has 0 aliphatic rings. The summed E-state index contributed by atoms with van der Waals surface area (Å²) in [6.45, 7) is 4.98. The van der Waals surface area contributed by atoms with Gasteiger partial charge in [0.25, 0.3) is 5.91 Å². The van der Waals surface area contributed by atoms with Crippen LogP contribution in [0.15, 0.2) is 36.4 Å². The minimum absolute atomic E-state index is 0.0232. The number of aromatic nitrogens is 1. The zero-order valence-electron chi connectivity index (χ0n) is 16.4. The van der Waals surface area contributed by atoms with Gasteiger partial charge < -0.3 is 19.9 Å². The lowest BCUT2D eigenvalue weighted by Crippen LogP contribution is -2.16. The first-order chi connectivity index (χ1) is 13.9. The second-order valence-corrected chi connectivity index (χ2v) is 7.78. The number of rotatable bonds is 7. The Labute approximate surface area is 172 Å². The Morgan fingerprint density at radius 2 is 2.00 bits per heavy atom. The first kappa shape index (κ1) is 20.8. The average Bonchev–Trinajstić information content (AvgIpc) is 3.08. The maximum atomic E-state index is 12.9. The molecule has 1 heterocycles. The van der Waals surface area contributed by atoms with Gasteiger partial charge in [0.05, 0.1) is 22.9 Å². The van der Waals surface area contributed by atoms with Crippen molar-refractivity contribution in [3.63, 3.8) is 0 Å². The van der Waals surface area contributed by atoms with Gasteiger partial charge in [-0.2, -0.15) is 0 Å². The number of hydrogen-bond acceptors (Lipinski definition) is 7. The van der Waals surface area contributed by atoms with Crippen LogP contribution in [0, 0.1) is 0 Å². The van der Waals surface area contributed by atoms with E-state index in [4.69, 9.17) is 9.47 Å². The molecule has 2 N–H and O–H groups in total. The van der Waals surface area contributed by atoms with Crippen LogP contribution in [0.1, 0.15) is 41.7 Å². The van der Waals surface area contributed by atoms with E-state index in [1.54, 1.807) is 30.3 Å². The van der Waals surface area contributed by atoms with E-state index in [1.807, 2.05) is 19.9 Å². The molecule has 0 saturated heterocycles. The van der Waals surface area contributed by atoms with Gasteiger partial charge >= 0.3 is 5.97 Å². The van der Waals surface area contributed by atoms with Gasteiger partial charge in [0.1, 0.15) is 17.4 Å². The highest BCUT2D eigenvalue weighted by Gasteiger charge is 2.15. The van der Waals surface area contributed by atoms with Crippen LogP contribution in [-0.4, -0.2) is 28.1 Å². The Kier molecular flexibility index (Phi) is 6.46. The lowest BCUT2D eigenvalue weighted by Gasteiger charge is -2.14. The molecule has 0 radical (unpaired) electrons. The van der Waals surface area contributed by atoms with E-state index in [0.29, 0.717) is 33.1 Å². The molecule has 3 aromatic rings.